The second-order valence-corrected chi connectivity index (χ2v) is 4.67. The molecular weight excluding hydrogens is 312 g/mol. The van der Waals surface area contributed by atoms with Gasteiger partial charge in [-0.1, -0.05) is 12.1 Å². The standard InChI is InChI=1S/C17H18N2O5/c1-22-14-8-12(9-15(23-2)16(14)24-3)17(21)19-18-10-11-6-4-5-7-13(11)20/h4-10,20H,1-3H3,(H,19,21)/b18-10-. The van der Waals surface area contributed by atoms with Crippen molar-refractivity contribution in [2.24, 2.45) is 5.10 Å². The van der Waals surface area contributed by atoms with E-state index in [4.69, 9.17) is 14.2 Å². The van der Waals surface area contributed by atoms with Crippen LogP contribution in [0.2, 0.25) is 0 Å². The van der Waals surface area contributed by atoms with Crippen LogP contribution in [0.3, 0.4) is 0 Å². The number of ether oxygens (including phenoxy) is 3. The zero-order chi connectivity index (χ0) is 17.5. The van der Waals surface area contributed by atoms with Gasteiger partial charge in [0.2, 0.25) is 5.75 Å². The van der Waals surface area contributed by atoms with Gasteiger partial charge in [0.15, 0.2) is 11.5 Å². The van der Waals surface area contributed by atoms with Crippen molar-refractivity contribution in [3.63, 3.8) is 0 Å². The zero-order valence-corrected chi connectivity index (χ0v) is 13.6. The number of rotatable bonds is 6. The van der Waals surface area contributed by atoms with Crippen molar-refractivity contribution in [3.05, 3.63) is 47.5 Å². The van der Waals surface area contributed by atoms with E-state index < -0.39 is 5.91 Å². The van der Waals surface area contributed by atoms with Crippen LogP contribution in [0.25, 0.3) is 0 Å². The second-order valence-electron chi connectivity index (χ2n) is 4.67. The van der Waals surface area contributed by atoms with Crippen LogP contribution in [0.15, 0.2) is 41.5 Å². The number of carbonyl (C=O) groups is 1. The summed E-state index contributed by atoms with van der Waals surface area (Å²) in [6.07, 6.45) is 1.35. The Labute approximate surface area is 139 Å². The molecule has 0 spiro atoms. The third kappa shape index (κ3) is 3.75. The number of phenols is 1. The van der Waals surface area contributed by atoms with Crippen molar-refractivity contribution in [1.82, 2.24) is 5.43 Å². The fourth-order valence-corrected chi connectivity index (χ4v) is 2.03. The molecule has 0 aliphatic carbocycles. The molecule has 0 saturated heterocycles. The number of benzene rings is 2. The van der Waals surface area contributed by atoms with E-state index in [-0.39, 0.29) is 5.75 Å². The molecule has 0 saturated carbocycles. The monoisotopic (exact) mass is 330 g/mol. The van der Waals surface area contributed by atoms with Gasteiger partial charge in [-0.2, -0.15) is 5.10 Å². The highest BCUT2D eigenvalue weighted by Gasteiger charge is 2.16. The third-order valence-electron chi connectivity index (χ3n) is 3.23. The summed E-state index contributed by atoms with van der Waals surface area (Å²) in [4.78, 5) is 12.2. The van der Waals surface area contributed by atoms with Crippen LogP contribution in [0, 0.1) is 0 Å². The predicted octanol–water partition coefficient (Wildman–Crippen LogP) is 2.18. The van der Waals surface area contributed by atoms with Crippen LogP contribution in [-0.2, 0) is 0 Å². The first-order valence-corrected chi connectivity index (χ1v) is 7.02. The molecule has 126 valence electrons. The Bertz CT molecular complexity index is 733. The van der Waals surface area contributed by atoms with Gasteiger partial charge in [0.05, 0.1) is 27.5 Å². The quantitative estimate of drug-likeness (QED) is 0.626. The molecule has 0 aromatic heterocycles. The fraction of sp³-hybridized carbons (Fsp3) is 0.176. The molecule has 2 aromatic carbocycles. The van der Waals surface area contributed by atoms with Gasteiger partial charge in [-0.15, -0.1) is 0 Å². The minimum absolute atomic E-state index is 0.0725. The Morgan fingerprint density at radius 3 is 2.25 bits per heavy atom. The molecule has 0 aliphatic heterocycles. The molecule has 2 rings (SSSR count). The molecule has 0 unspecified atom stereocenters. The van der Waals surface area contributed by atoms with Crippen molar-refractivity contribution in [2.75, 3.05) is 21.3 Å². The van der Waals surface area contributed by atoms with Crippen LogP contribution in [-0.4, -0.2) is 38.6 Å². The van der Waals surface area contributed by atoms with Crippen LogP contribution < -0.4 is 19.6 Å². The van der Waals surface area contributed by atoms with Gasteiger partial charge in [0.1, 0.15) is 5.75 Å². The predicted molar refractivity (Wildman–Crippen MR) is 89.3 cm³/mol. The van der Waals surface area contributed by atoms with Crippen molar-refractivity contribution < 1.29 is 24.1 Å². The van der Waals surface area contributed by atoms with Crippen LogP contribution in [0.5, 0.6) is 23.0 Å². The normalized spacial score (nSPS) is 10.5. The topological polar surface area (TPSA) is 89.4 Å². The lowest BCUT2D eigenvalue weighted by atomic mass is 10.1. The number of hydrogen-bond donors (Lipinski definition) is 2. The van der Waals surface area contributed by atoms with E-state index in [0.717, 1.165) is 0 Å². The molecule has 2 aromatic rings. The van der Waals surface area contributed by atoms with Gasteiger partial charge in [-0.3, -0.25) is 4.79 Å². The molecule has 0 radical (unpaired) electrons. The number of hydrazone groups is 1. The van der Waals surface area contributed by atoms with Gasteiger partial charge in [-0.05, 0) is 24.3 Å². The van der Waals surface area contributed by atoms with Crippen molar-refractivity contribution >= 4 is 12.1 Å². The van der Waals surface area contributed by atoms with E-state index >= 15 is 0 Å². The van der Waals surface area contributed by atoms with E-state index in [9.17, 15) is 9.90 Å². The average molecular weight is 330 g/mol. The van der Waals surface area contributed by atoms with E-state index in [2.05, 4.69) is 10.5 Å². The van der Waals surface area contributed by atoms with Gasteiger partial charge in [0, 0.05) is 11.1 Å². The molecular formula is C17H18N2O5. The highest BCUT2D eigenvalue weighted by Crippen LogP contribution is 2.38. The molecule has 7 heteroatoms. The number of carbonyl (C=O) groups excluding carboxylic acids is 1. The Morgan fingerprint density at radius 1 is 1.08 bits per heavy atom. The SMILES string of the molecule is COc1cc(C(=O)N/N=C\c2ccccc2O)cc(OC)c1OC. The third-order valence-corrected chi connectivity index (χ3v) is 3.23. The number of methoxy groups -OCH3 is 3. The van der Waals surface area contributed by atoms with Crippen molar-refractivity contribution in [2.45, 2.75) is 0 Å². The van der Waals surface area contributed by atoms with E-state index in [1.54, 1.807) is 18.2 Å². The zero-order valence-electron chi connectivity index (χ0n) is 13.6. The van der Waals surface area contributed by atoms with Crippen molar-refractivity contribution in [1.29, 1.82) is 0 Å². The Kier molecular flexibility index (Phi) is 5.62. The molecule has 7 nitrogen and oxygen atoms in total. The first kappa shape index (κ1) is 17.1. The maximum Gasteiger partial charge on any atom is 0.271 e. The smallest absolute Gasteiger partial charge is 0.271 e. The molecule has 0 aliphatic rings. The summed E-state index contributed by atoms with van der Waals surface area (Å²) < 4.78 is 15.6. The minimum Gasteiger partial charge on any atom is -0.507 e. The molecule has 24 heavy (non-hydrogen) atoms. The Balaban J connectivity index is 2.19. The maximum atomic E-state index is 12.2. The number of para-hydroxylation sites is 1. The summed E-state index contributed by atoms with van der Waals surface area (Å²) in [5, 5.41) is 13.5. The summed E-state index contributed by atoms with van der Waals surface area (Å²) in [5.74, 6) is 0.747. The highest BCUT2D eigenvalue weighted by molar-refractivity contribution is 5.96. The van der Waals surface area contributed by atoms with E-state index in [0.29, 0.717) is 28.4 Å². The number of aromatic hydroxyl groups is 1. The fourth-order valence-electron chi connectivity index (χ4n) is 2.03. The number of amides is 1. The minimum atomic E-state index is -0.457. The first-order valence-electron chi connectivity index (χ1n) is 7.02. The summed E-state index contributed by atoms with van der Waals surface area (Å²) in [5.41, 5.74) is 3.16. The van der Waals surface area contributed by atoms with Gasteiger partial charge in [0.25, 0.3) is 5.91 Å². The summed E-state index contributed by atoms with van der Waals surface area (Å²) >= 11 is 0. The lowest BCUT2D eigenvalue weighted by Crippen LogP contribution is -2.18. The maximum absolute atomic E-state index is 12.2. The summed E-state index contributed by atoms with van der Waals surface area (Å²) in [7, 11) is 4.42. The van der Waals surface area contributed by atoms with Crippen LogP contribution >= 0.6 is 0 Å². The molecule has 0 heterocycles. The summed E-state index contributed by atoms with van der Waals surface area (Å²) in [6, 6.07) is 9.69. The molecule has 1 amide bonds. The van der Waals surface area contributed by atoms with E-state index in [1.165, 1.54) is 45.7 Å². The summed E-state index contributed by atoms with van der Waals surface area (Å²) in [6.45, 7) is 0. The molecule has 0 atom stereocenters. The Hall–Kier alpha value is -3.22. The van der Waals surface area contributed by atoms with Gasteiger partial charge >= 0.3 is 0 Å². The lowest BCUT2D eigenvalue weighted by Gasteiger charge is -2.13. The number of hydrogen-bond acceptors (Lipinski definition) is 6. The van der Waals surface area contributed by atoms with Crippen LogP contribution in [0.4, 0.5) is 0 Å². The molecule has 2 N–H and O–H groups in total. The highest BCUT2D eigenvalue weighted by atomic mass is 16.5. The first-order chi connectivity index (χ1) is 11.6. The average Bonchev–Trinajstić information content (AvgIpc) is 2.61. The lowest BCUT2D eigenvalue weighted by molar-refractivity contribution is 0.0954. The van der Waals surface area contributed by atoms with Crippen LogP contribution in [0.1, 0.15) is 15.9 Å². The molecule has 0 fully saturated rings. The van der Waals surface area contributed by atoms with Crippen molar-refractivity contribution in [3.8, 4) is 23.0 Å². The van der Waals surface area contributed by atoms with Gasteiger partial charge < -0.3 is 19.3 Å². The van der Waals surface area contributed by atoms with E-state index in [1.807, 2.05) is 0 Å². The second kappa shape index (κ2) is 7.87. The van der Waals surface area contributed by atoms with Gasteiger partial charge in [-0.25, -0.2) is 5.43 Å². The largest absolute Gasteiger partial charge is 0.507 e. The molecule has 0 bridgehead atoms. The Morgan fingerprint density at radius 2 is 1.71 bits per heavy atom. The number of nitrogens with zero attached hydrogens (tertiary/aromatic N) is 1. The number of phenolic OH excluding ortho intramolecular Hbond substituents is 1. The number of nitrogens with one attached hydrogen (secondary N) is 1.